The third kappa shape index (κ3) is 4.87. The van der Waals surface area contributed by atoms with Crippen LogP contribution in [0.2, 0.25) is 0 Å². The topological polar surface area (TPSA) is 104 Å². The molecule has 0 saturated carbocycles. The Morgan fingerprint density at radius 3 is 1.96 bits per heavy atom. The summed E-state index contributed by atoms with van der Waals surface area (Å²) < 4.78 is 108. The predicted molar refractivity (Wildman–Crippen MR) is 79.5 cm³/mol. The molecule has 0 unspecified atom stereocenters. The average molecular weight is 507 g/mol. The first-order chi connectivity index (χ1) is 11.0. The van der Waals surface area contributed by atoms with Crippen LogP contribution in [0.5, 0.6) is 5.75 Å². The van der Waals surface area contributed by atoms with E-state index in [1.165, 1.54) is 0 Å². The van der Waals surface area contributed by atoms with Crippen LogP contribution >= 0.6 is 22.6 Å². The molecule has 3 N–H and O–H groups in total. The van der Waals surface area contributed by atoms with Gasteiger partial charge in [-0.1, -0.05) is 0 Å². The Morgan fingerprint density at radius 1 is 1.12 bits per heavy atom. The van der Waals surface area contributed by atoms with E-state index >= 15 is 0 Å². The van der Waals surface area contributed by atoms with Gasteiger partial charge in [-0.15, -0.1) is 0 Å². The fourth-order valence-corrected chi connectivity index (χ4v) is 2.98. The second-order valence-electron chi connectivity index (χ2n) is 4.75. The van der Waals surface area contributed by atoms with Crippen LogP contribution < -0.4 is 5.32 Å². The number of hydrogen-bond donors (Lipinski definition) is 3. The van der Waals surface area contributed by atoms with Crippen LogP contribution in [0.3, 0.4) is 0 Å². The summed E-state index contributed by atoms with van der Waals surface area (Å²) in [5, 5.41) is 9.97. The number of amides is 1. The SMILES string of the molecule is O=C(NC(CS(=O)(=O)O)(C(F)(F)F)C(F)(F)F)c1ccc(I)c(O)c1. The van der Waals surface area contributed by atoms with Crippen LogP contribution in [-0.4, -0.2) is 47.6 Å². The number of carbonyl (C=O) groups excluding carboxylic acids is 1. The van der Waals surface area contributed by atoms with Gasteiger partial charge in [-0.25, -0.2) is 0 Å². The lowest BCUT2D eigenvalue weighted by Crippen LogP contribution is -2.70. The fourth-order valence-electron chi connectivity index (χ4n) is 1.70. The Morgan fingerprint density at radius 2 is 1.60 bits per heavy atom. The molecule has 14 heteroatoms. The van der Waals surface area contributed by atoms with Crippen LogP contribution in [0.4, 0.5) is 26.3 Å². The van der Waals surface area contributed by atoms with Crippen molar-refractivity contribution in [3.05, 3.63) is 27.3 Å². The van der Waals surface area contributed by atoms with Gasteiger partial charge in [0.15, 0.2) is 0 Å². The van der Waals surface area contributed by atoms with Gasteiger partial charge in [-0.05, 0) is 40.8 Å². The summed E-state index contributed by atoms with van der Waals surface area (Å²) in [6, 6.07) is 2.46. The van der Waals surface area contributed by atoms with E-state index in [9.17, 15) is 44.7 Å². The number of alkyl halides is 6. The van der Waals surface area contributed by atoms with Crippen LogP contribution in [0.25, 0.3) is 0 Å². The quantitative estimate of drug-likeness (QED) is 0.330. The van der Waals surface area contributed by atoms with Crippen molar-refractivity contribution < 1.29 is 49.2 Å². The summed E-state index contributed by atoms with van der Waals surface area (Å²) in [6.07, 6.45) is -12.6. The number of carbonyl (C=O) groups is 1. The average Bonchev–Trinajstić information content (AvgIpc) is 2.36. The van der Waals surface area contributed by atoms with Gasteiger partial charge in [-0.3, -0.25) is 9.35 Å². The number of aromatic hydroxyl groups is 1. The van der Waals surface area contributed by atoms with Gasteiger partial charge in [0.2, 0.25) is 5.54 Å². The molecule has 0 aliphatic carbocycles. The number of benzene rings is 1. The number of phenols is 1. The molecule has 6 nitrogen and oxygen atoms in total. The molecule has 0 saturated heterocycles. The molecule has 0 heterocycles. The molecule has 0 aliphatic heterocycles. The molecule has 1 amide bonds. The van der Waals surface area contributed by atoms with E-state index in [-0.39, 0.29) is 3.57 Å². The maximum Gasteiger partial charge on any atom is 0.421 e. The lowest BCUT2D eigenvalue weighted by molar-refractivity contribution is -0.296. The minimum absolute atomic E-state index is 0.157. The molecule has 25 heavy (non-hydrogen) atoms. The Kier molecular flexibility index (Phi) is 5.91. The first-order valence-corrected chi connectivity index (χ1v) is 8.58. The summed E-state index contributed by atoms with van der Waals surface area (Å²) >= 11 is 1.58. The maximum absolute atomic E-state index is 13.1. The molecule has 0 radical (unpaired) electrons. The van der Waals surface area contributed by atoms with Gasteiger partial charge in [-0.2, -0.15) is 34.8 Å². The normalized spacial score (nSPS) is 13.6. The zero-order valence-corrected chi connectivity index (χ0v) is 14.6. The number of hydrogen-bond acceptors (Lipinski definition) is 4. The summed E-state index contributed by atoms with van der Waals surface area (Å²) in [6.45, 7) is 0. The first-order valence-electron chi connectivity index (χ1n) is 5.90. The van der Waals surface area contributed by atoms with Gasteiger partial charge < -0.3 is 10.4 Å². The number of rotatable bonds is 4. The highest BCUT2D eigenvalue weighted by molar-refractivity contribution is 14.1. The minimum Gasteiger partial charge on any atom is -0.507 e. The van der Waals surface area contributed by atoms with Gasteiger partial charge in [0.1, 0.15) is 11.5 Å². The molecule has 0 aliphatic rings. The highest BCUT2D eigenvalue weighted by atomic mass is 127. The van der Waals surface area contributed by atoms with Crippen LogP contribution in [0.1, 0.15) is 10.4 Å². The van der Waals surface area contributed by atoms with Crippen molar-refractivity contribution in [2.24, 2.45) is 0 Å². The van der Waals surface area contributed by atoms with E-state index in [4.69, 9.17) is 4.55 Å². The predicted octanol–water partition coefficient (Wildman–Crippen LogP) is 2.48. The fraction of sp³-hybridized carbons (Fsp3) is 0.364. The van der Waals surface area contributed by atoms with Gasteiger partial charge >= 0.3 is 12.4 Å². The molecule has 0 aromatic heterocycles. The smallest absolute Gasteiger partial charge is 0.421 e. The van der Waals surface area contributed by atoms with Gasteiger partial charge in [0.05, 0.1) is 3.57 Å². The van der Waals surface area contributed by atoms with E-state index in [2.05, 4.69) is 0 Å². The molecule has 0 fully saturated rings. The standard InChI is InChI=1S/C11H8F6INO5S/c12-10(13,14)9(11(15,16)17,4-25(22,23)24)19-8(21)5-1-2-6(18)7(20)3-5/h1-3,20H,4H2,(H,19,21)(H,22,23,24). The van der Waals surface area contributed by atoms with Crippen molar-refractivity contribution in [3.63, 3.8) is 0 Å². The second-order valence-corrected chi connectivity index (χ2v) is 7.36. The van der Waals surface area contributed by atoms with E-state index in [1.807, 2.05) is 0 Å². The Balaban J connectivity index is 3.46. The van der Waals surface area contributed by atoms with Crippen molar-refractivity contribution >= 4 is 38.6 Å². The molecule has 1 rings (SSSR count). The largest absolute Gasteiger partial charge is 0.507 e. The molecule has 1 aromatic carbocycles. The number of nitrogens with one attached hydrogen (secondary N) is 1. The van der Waals surface area contributed by atoms with Gasteiger partial charge in [0, 0.05) is 5.56 Å². The van der Waals surface area contributed by atoms with Crippen LogP contribution in [0, 0.1) is 3.57 Å². The third-order valence-electron chi connectivity index (χ3n) is 2.90. The molecule has 1 aromatic rings. The van der Waals surface area contributed by atoms with Crippen molar-refractivity contribution in [2.45, 2.75) is 17.9 Å². The highest BCUT2D eigenvalue weighted by Gasteiger charge is 2.73. The van der Waals surface area contributed by atoms with E-state index in [0.29, 0.717) is 11.4 Å². The van der Waals surface area contributed by atoms with Crippen molar-refractivity contribution in [1.29, 1.82) is 0 Å². The second kappa shape index (κ2) is 6.79. The van der Waals surface area contributed by atoms with E-state index in [0.717, 1.165) is 12.1 Å². The summed E-state index contributed by atoms with van der Waals surface area (Å²) in [4.78, 5) is 11.8. The van der Waals surface area contributed by atoms with Crippen LogP contribution in [0.15, 0.2) is 18.2 Å². The Labute approximate surface area is 150 Å². The summed E-state index contributed by atoms with van der Waals surface area (Å²) in [5.74, 6) is -5.41. The monoisotopic (exact) mass is 507 g/mol. The molecular formula is C11H8F6INO5S. The maximum atomic E-state index is 13.1. The molecule has 142 valence electrons. The molecule has 0 atom stereocenters. The minimum atomic E-state index is -6.30. The van der Waals surface area contributed by atoms with E-state index < -0.39 is 51.0 Å². The Hall–Kier alpha value is -1.29. The summed E-state index contributed by atoms with van der Waals surface area (Å²) in [5.41, 5.74) is -6.03. The van der Waals surface area contributed by atoms with Crippen molar-refractivity contribution in [2.75, 3.05) is 5.75 Å². The molecular weight excluding hydrogens is 499 g/mol. The van der Waals surface area contributed by atoms with Gasteiger partial charge in [0.25, 0.3) is 16.0 Å². The number of halogens is 7. The zero-order chi connectivity index (χ0) is 19.8. The Bertz CT molecular complexity index is 762. The molecule has 0 spiro atoms. The molecule has 0 bridgehead atoms. The lowest BCUT2D eigenvalue weighted by atomic mass is 9.99. The van der Waals surface area contributed by atoms with Crippen LogP contribution in [-0.2, 0) is 10.1 Å². The van der Waals surface area contributed by atoms with E-state index in [1.54, 1.807) is 22.6 Å². The zero-order valence-electron chi connectivity index (χ0n) is 11.6. The van der Waals surface area contributed by atoms with Crippen molar-refractivity contribution in [3.8, 4) is 5.75 Å². The van der Waals surface area contributed by atoms with Crippen molar-refractivity contribution in [1.82, 2.24) is 5.32 Å². The lowest BCUT2D eigenvalue weighted by Gasteiger charge is -2.36. The first kappa shape index (κ1) is 21.8. The number of phenolic OH excluding ortho intramolecular Hbond substituents is 1. The summed E-state index contributed by atoms with van der Waals surface area (Å²) in [7, 11) is -5.80. The highest BCUT2D eigenvalue weighted by Crippen LogP contribution is 2.44. The third-order valence-corrected chi connectivity index (χ3v) is 4.61.